The molecule has 0 radical (unpaired) electrons. The van der Waals surface area contributed by atoms with Crippen molar-refractivity contribution in [3.63, 3.8) is 0 Å². The minimum absolute atomic E-state index is 0.0961. The number of nitrogens with one attached hydrogen (secondary N) is 1. The van der Waals surface area contributed by atoms with Gasteiger partial charge < -0.3 is 10.8 Å². The van der Waals surface area contributed by atoms with Crippen LogP contribution in [0.15, 0.2) is 21.5 Å². The first kappa shape index (κ1) is 15.7. The first-order chi connectivity index (χ1) is 9.31. The van der Waals surface area contributed by atoms with Crippen LogP contribution in [0.25, 0.3) is 0 Å². The van der Waals surface area contributed by atoms with Gasteiger partial charge in [-0.3, -0.25) is 0 Å². The number of halogens is 2. The summed E-state index contributed by atoms with van der Waals surface area (Å²) in [5.41, 5.74) is 5.73. The first-order valence-electron chi connectivity index (χ1n) is 6.23. The van der Waals surface area contributed by atoms with E-state index in [1.807, 2.05) is 0 Å². The van der Waals surface area contributed by atoms with Crippen molar-refractivity contribution in [1.82, 2.24) is 4.72 Å². The Balaban J connectivity index is 2.16. The number of sulfonamides is 1. The summed E-state index contributed by atoms with van der Waals surface area (Å²) in [7, 11) is -3.98. The normalized spacial score (nSPS) is 23.1. The highest BCUT2D eigenvalue weighted by Gasteiger charge is 2.28. The molecule has 2 unspecified atom stereocenters. The molecule has 1 fully saturated rings. The Morgan fingerprint density at radius 2 is 2.15 bits per heavy atom. The minimum Gasteiger partial charge on any atom is -0.398 e. The lowest BCUT2D eigenvalue weighted by atomic mass is 10.1. The number of benzene rings is 1. The minimum atomic E-state index is -3.98. The highest BCUT2D eigenvalue weighted by atomic mass is 79.9. The molecule has 4 N–H and O–H groups in total. The van der Waals surface area contributed by atoms with Crippen LogP contribution in [0, 0.1) is 11.7 Å². The van der Waals surface area contributed by atoms with Crippen LogP contribution in [-0.2, 0) is 10.0 Å². The summed E-state index contributed by atoms with van der Waals surface area (Å²) in [5.74, 6) is -0.994. The smallest absolute Gasteiger partial charge is 0.243 e. The average molecular weight is 367 g/mol. The van der Waals surface area contributed by atoms with Crippen LogP contribution in [0.3, 0.4) is 0 Å². The maximum atomic E-state index is 13.7. The molecular weight excluding hydrogens is 351 g/mol. The number of anilines is 1. The van der Waals surface area contributed by atoms with Crippen molar-refractivity contribution in [2.45, 2.75) is 30.3 Å². The fourth-order valence-corrected chi connectivity index (χ4v) is 3.80. The standard InChI is InChI=1S/C12H16BrFN2O3S/c13-8-4-9(14)12(5-10(8)15)20(18,19)16-6-7-2-1-3-11(7)17/h4-5,7,11,16-17H,1-3,6,15H2. The molecule has 2 atom stereocenters. The summed E-state index contributed by atoms with van der Waals surface area (Å²) in [6, 6.07) is 2.10. The summed E-state index contributed by atoms with van der Waals surface area (Å²) < 4.78 is 40.5. The van der Waals surface area contributed by atoms with Crippen molar-refractivity contribution in [3.8, 4) is 0 Å². The topological polar surface area (TPSA) is 92.4 Å². The van der Waals surface area contributed by atoms with Gasteiger partial charge in [0.25, 0.3) is 0 Å². The molecule has 0 spiro atoms. The predicted molar refractivity (Wildman–Crippen MR) is 77.0 cm³/mol. The number of hydrogen-bond donors (Lipinski definition) is 3. The van der Waals surface area contributed by atoms with Crippen molar-refractivity contribution in [1.29, 1.82) is 0 Å². The van der Waals surface area contributed by atoms with E-state index in [2.05, 4.69) is 20.7 Å². The van der Waals surface area contributed by atoms with Crippen LogP contribution in [0.1, 0.15) is 19.3 Å². The van der Waals surface area contributed by atoms with Crippen molar-refractivity contribution in [3.05, 3.63) is 22.4 Å². The van der Waals surface area contributed by atoms with Crippen molar-refractivity contribution in [2.75, 3.05) is 12.3 Å². The Hall–Kier alpha value is -0.700. The lowest BCUT2D eigenvalue weighted by molar-refractivity contribution is 0.134. The van der Waals surface area contributed by atoms with Gasteiger partial charge in [-0.15, -0.1) is 0 Å². The Morgan fingerprint density at radius 1 is 1.45 bits per heavy atom. The second-order valence-corrected chi connectivity index (χ2v) is 7.50. The second kappa shape index (κ2) is 5.97. The van der Waals surface area contributed by atoms with Crippen LogP contribution < -0.4 is 10.5 Å². The lowest BCUT2D eigenvalue weighted by Gasteiger charge is -2.15. The van der Waals surface area contributed by atoms with Gasteiger partial charge in [0.1, 0.15) is 10.7 Å². The fourth-order valence-electron chi connectivity index (χ4n) is 2.30. The SMILES string of the molecule is Nc1cc(S(=O)(=O)NCC2CCCC2O)c(F)cc1Br. The van der Waals surface area contributed by atoms with E-state index in [0.29, 0.717) is 10.9 Å². The van der Waals surface area contributed by atoms with E-state index < -0.39 is 26.8 Å². The van der Waals surface area contributed by atoms with Crippen molar-refractivity contribution >= 4 is 31.6 Å². The molecule has 0 heterocycles. The molecule has 0 aromatic heterocycles. The average Bonchev–Trinajstić information content (AvgIpc) is 2.77. The maximum Gasteiger partial charge on any atom is 0.243 e. The highest BCUT2D eigenvalue weighted by Crippen LogP contribution is 2.27. The number of nitrogen functional groups attached to an aromatic ring is 1. The first-order valence-corrected chi connectivity index (χ1v) is 8.51. The lowest BCUT2D eigenvalue weighted by Crippen LogP contribution is -2.33. The van der Waals surface area contributed by atoms with Gasteiger partial charge in [-0.25, -0.2) is 17.5 Å². The monoisotopic (exact) mass is 366 g/mol. The van der Waals surface area contributed by atoms with Crippen LogP contribution in [0.4, 0.5) is 10.1 Å². The number of aliphatic hydroxyl groups is 1. The van der Waals surface area contributed by atoms with E-state index >= 15 is 0 Å². The zero-order valence-electron chi connectivity index (χ0n) is 10.6. The van der Waals surface area contributed by atoms with E-state index in [1.54, 1.807) is 0 Å². The van der Waals surface area contributed by atoms with Gasteiger partial charge >= 0.3 is 0 Å². The van der Waals surface area contributed by atoms with Gasteiger partial charge in [-0.05, 0) is 46.8 Å². The summed E-state index contributed by atoms with van der Waals surface area (Å²) in [5, 5.41) is 9.66. The maximum absolute atomic E-state index is 13.7. The number of nitrogens with two attached hydrogens (primary N) is 1. The quantitative estimate of drug-likeness (QED) is 0.705. The van der Waals surface area contributed by atoms with E-state index in [0.717, 1.165) is 25.0 Å². The van der Waals surface area contributed by atoms with Crippen molar-refractivity contribution < 1.29 is 17.9 Å². The zero-order chi connectivity index (χ0) is 14.9. The summed E-state index contributed by atoms with van der Waals surface area (Å²) in [4.78, 5) is -0.481. The molecule has 1 aliphatic rings. The van der Waals surface area contributed by atoms with Crippen LogP contribution >= 0.6 is 15.9 Å². The molecular formula is C12H16BrFN2O3S. The van der Waals surface area contributed by atoms with E-state index in [9.17, 15) is 17.9 Å². The van der Waals surface area contributed by atoms with Crippen LogP contribution in [-0.4, -0.2) is 26.2 Å². The van der Waals surface area contributed by atoms with Gasteiger partial charge in [-0.2, -0.15) is 0 Å². The molecule has 0 amide bonds. The van der Waals surface area contributed by atoms with Gasteiger partial charge in [0.2, 0.25) is 10.0 Å². The molecule has 20 heavy (non-hydrogen) atoms. The summed E-state index contributed by atoms with van der Waals surface area (Å²) in [6.07, 6.45) is 1.80. The molecule has 5 nitrogen and oxygen atoms in total. The summed E-state index contributed by atoms with van der Waals surface area (Å²) >= 11 is 3.03. The Labute approximate surface area is 125 Å². The third kappa shape index (κ3) is 3.30. The molecule has 1 saturated carbocycles. The molecule has 2 rings (SSSR count). The molecule has 0 saturated heterocycles. The van der Waals surface area contributed by atoms with Gasteiger partial charge in [0.15, 0.2) is 0 Å². The van der Waals surface area contributed by atoms with E-state index in [1.165, 1.54) is 0 Å². The fraction of sp³-hybridized carbons (Fsp3) is 0.500. The predicted octanol–water partition coefficient (Wildman–Crippen LogP) is 1.61. The largest absolute Gasteiger partial charge is 0.398 e. The van der Waals surface area contributed by atoms with E-state index in [4.69, 9.17) is 5.73 Å². The third-order valence-corrected chi connectivity index (χ3v) is 5.62. The highest BCUT2D eigenvalue weighted by molar-refractivity contribution is 9.10. The second-order valence-electron chi connectivity index (χ2n) is 4.91. The number of aliphatic hydroxyl groups excluding tert-OH is 1. The van der Waals surface area contributed by atoms with Crippen LogP contribution in [0.5, 0.6) is 0 Å². The Morgan fingerprint density at radius 3 is 2.75 bits per heavy atom. The van der Waals surface area contributed by atoms with Crippen LogP contribution in [0.2, 0.25) is 0 Å². The zero-order valence-corrected chi connectivity index (χ0v) is 13.0. The number of rotatable bonds is 4. The molecule has 0 aliphatic heterocycles. The molecule has 8 heteroatoms. The molecule has 1 aliphatic carbocycles. The Kier molecular flexibility index (Phi) is 4.68. The molecule has 1 aromatic rings. The van der Waals surface area contributed by atoms with Crippen molar-refractivity contribution in [2.24, 2.45) is 5.92 Å². The van der Waals surface area contributed by atoms with Gasteiger partial charge in [0.05, 0.1) is 6.10 Å². The molecule has 112 valence electrons. The Bertz CT molecular complexity index is 609. The van der Waals surface area contributed by atoms with E-state index in [-0.39, 0.29) is 18.2 Å². The van der Waals surface area contributed by atoms with Gasteiger partial charge in [0, 0.05) is 16.7 Å². The van der Waals surface area contributed by atoms with Gasteiger partial charge in [-0.1, -0.05) is 6.42 Å². The number of hydrogen-bond acceptors (Lipinski definition) is 4. The summed E-state index contributed by atoms with van der Waals surface area (Å²) in [6.45, 7) is 0.0961. The molecule has 1 aromatic carbocycles. The molecule has 0 bridgehead atoms. The third-order valence-electron chi connectivity index (χ3n) is 3.50.